The van der Waals surface area contributed by atoms with Crippen molar-refractivity contribution in [3.05, 3.63) is 110 Å². The molecule has 9 heteroatoms. The molecule has 1 aliphatic carbocycles. The molecule has 3 N–H and O–H groups in total. The Morgan fingerprint density at radius 2 is 1.80 bits per heavy atom. The lowest BCUT2D eigenvalue weighted by molar-refractivity contribution is 0.211. The number of rotatable bonds is 8. The van der Waals surface area contributed by atoms with Crippen LogP contribution in [0.4, 0.5) is 11.5 Å². The summed E-state index contributed by atoms with van der Waals surface area (Å²) in [7, 11) is 0. The SMILES string of the molecule is CCc1c(NC2CCN(Cc3ccc(-n4c(-c5cccnc5N)nc5ccc(C6=CCCC=C6)nc54)cc3)CC2)c(=O)c1=O. The van der Waals surface area contributed by atoms with Gasteiger partial charge in [0.25, 0.3) is 0 Å². The summed E-state index contributed by atoms with van der Waals surface area (Å²) in [6, 6.07) is 16.6. The number of nitrogen functional groups attached to an aromatic ring is 1. The van der Waals surface area contributed by atoms with E-state index in [0.717, 1.165) is 79.0 Å². The van der Waals surface area contributed by atoms with Crippen molar-refractivity contribution in [1.82, 2.24) is 24.4 Å². The number of imidazole rings is 1. The third-order valence-corrected chi connectivity index (χ3v) is 8.77. The van der Waals surface area contributed by atoms with Crippen LogP contribution < -0.4 is 21.9 Å². The number of nitrogens with one attached hydrogen (secondary N) is 1. The summed E-state index contributed by atoms with van der Waals surface area (Å²) in [5, 5.41) is 3.35. The number of benzene rings is 1. The van der Waals surface area contributed by atoms with Gasteiger partial charge >= 0.3 is 0 Å². The summed E-state index contributed by atoms with van der Waals surface area (Å²) in [5.74, 6) is 1.13. The van der Waals surface area contributed by atoms with Gasteiger partial charge in [0.05, 0.1) is 16.9 Å². The van der Waals surface area contributed by atoms with Crippen molar-refractivity contribution in [2.24, 2.45) is 0 Å². The minimum absolute atomic E-state index is 0.215. The first kappa shape index (κ1) is 27.9. The number of hydrogen-bond acceptors (Lipinski definition) is 8. The number of anilines is 2. The van der Waals surface area contributed by atoms with Crippen molar-refractivity contribution in [2.75, 3.05) is 24.1 Å². The monoisotopic (exact) mass is 585 g/mol. The second kappa shape index (κ2) is 11.7. The van der Waals surface area contributed by atoms with Gasteiger partial charge in [-0.05, 0) is 79.6 Å². The van der Waals surface area contributed by atoms with Gasteiger partial charge in [0, 0.05) is 43.1 Å². The highest BCUT2D eigenvalue weighted by molar-refractivity contribution is 5.85. The van der Waals surface area contributed by atoms with E-state index in [-0.39, 0.29) is 16.9 Å². The summed E-state index contributed by atoms with van der Waals surface area (Å²) in [5.41, 5.74) is 13.4. The van der Waals surface area contributed by atoms with Gasteiger partial charge in [0.1, 0.15) is 11.3 Å². The Morgan fingerprint density at radius 3 is 2.52 bits per heavy atom. The van der Waals surface area contributed by atoms with Crippen molar-refractivity contribution in [1.29, 1.82) is 0 Å². The van der Waals surface area contributed by atoms with E-state index < -0.39 is 0 Å². The van der Waals surface area contributed by atoms with Gasteiger partial charge in [-0.15, -0.1) is 0 Å². The summed E-state index contributed by atoms with van der Waals surface area (Å²) in [4.78, 5) is 40.6. The van der Waals surface area contributed by atoms with E-state index in [4.69, 9.17) is 15.7 Å². The molecule has 1 aliphatic heterocycles. The molecule has 5 aromatic rings. The van der Waals surface area contributed by atoms with Crippen LogP contribution in [0, 0.1) is 0 Å². The first-order valence-corrected chi connectivity index (χ1v) is 15.4. The van der Waals surface area contributed by atoms with Crippen molar-refractivity contribution in [3.8, 4) is 17.1 Å². The smallest absolute Gasteiger partial charge is 0.249 e. The molecule has 0 bridgehead atoms. The maximum absolute atomic E-state index is 12.0. The lowest BCUT2D eigenvalue weighted by Crippen LogP contribution is -2.44. The highest BCUT2D eigenvalue weighted by Crippen LogP contribution is 2.32. The third kappa shape index (κ3) is 5.13. The number of nitrogens with zero attached hydrogens (tertiary/aromatic N) is 5. The average molecular weight is 586 g/mol. The van der Waals surface area contributed by atoms with Gasteiger partial charge in [-0.1, -0.05) is 37.3 Å². The number of fused-ring (bicyclic) bond motifs is 1. The largest absolute Gasteiger partial charge is 0.383 e. The number of pyridine rings is 2. The molecule has 1 saturated heterocycles. The molecule has 0 saturated carbocycles. The van der Waals surface area contributed by atoms with Crippen LogP contribution >= 0.6 is 0 Å². The molecule has 3 aromatic heterocycles. The zero-order chi connectivity index (χ0) is 30.2. The van der Waals surface area contributed by atoms with Gasteiger partial charge in [-0.25, -0.2) is 15.0 Å². The van der Waals surface area contributed by atoms with Gasteiger partial charge in [0.2, 0.25) is 10.9 Å². The van der Waals surface area contributed by atoms with Gasteiger partial charge in [0.15, 0.2) is 11.5 Å². The average Bonchev–Trinajstić information content (AvgIpc) is 3.44. The third-order valence-electron chi connectivity index (χ3n) is 8.77. The quantitative estimate of drug-likeness (QED) is 0.243. The fraction of sp³-hybridized carbons (Fsp3) is 0.286. The molecular formula is C35H35N7O2. The van der Waals surface area contributed by atoms with E-state index in [1.807, 2.05) is 31.2 Å². The highest BCUT2D eigenvalue weighted by Gasteiger charge is 2.25. The Morgan fingerprint density at radius 1 is 0.977 bits per heavy atom. The Balaban J connectivity index is 1.13. The number of likely N-dealkylation sites (tertiary alicyclic amines) is 1. The maximum atomic E-state index is 12.0. The van der Waals surface area contributed by atoms with Crippen LogP contribution in [-0.4, -0.2) is 43.6 Å². The molecule has 44 heavy (non-hydrogen) atoms. The molecule has 2 aromatic carbocycles. The van der Waals surface area contributed by atoms with E-state index >= 15 is 0 Å². The molecule has 222 valence electrons. The minimum Gasteiger partial charge on any atom is -0.383 e. The lowest BCUT2D eigenvalue weighted by Gasteiger charge is -2.33. The minimum atomic E-state index is -0.362. The zero-order valence-corrected chi connectivity index (χ0v) is 24.8. The van der Waals surface area contributed by atoms with Crippen molar-refractivity contribution in [2.45, 2.75) is 51.6 Å². The number of allylic oxidation sites excluding steroid dienone is 4. The number of piperidine rings is 1. The van der Waals surface area contributed by atoms with Crippen molar-refractivity contribution >= 4 is 28.2 Å². The number of nitrogens with two attached hydrogens (primary N) is 1. The van der Waals surface area contributed by atoms with E-state index in [9.17, 15) is 9.59 Å². The maximum Gasteiger partial charge on any atom is 0.249 e. The molecule has 0 atom stereocenters. The Labute approximate surface area is 255 Å². The molecule has 9 nitrogen and oxygen atoms in total. The van der Waals surface area contributed by atoms with E-state index in [1.165, 1.54) is 5.56 Å². The fourth-order valence-electron chi connectivity index (χ4n) is 6.33. The summed E-state index contributed by atoms with van der Waals surface area (Å²) in [6.45, 7) is 4.59. The highest BCUT2D eigenvalue weighted by atomic mass is 16.2. The van der Waals surface area contributed by atoms with E-state index in [2.05, 4.69) is 62.3 Å². The number of hydrogen-bond donors (Lipinski definition) is 2. The van der Waals surface area contributed by atoms with Crippen LogP contribution in [0.5, 0.6) is 0 Å². The topological polar surface area (TPSA) is 119 Å². The van der Waals surface area contributed by atoms with Crippen LogP contribution in [0.1, 0.15) is 49.4 Å². The second-order valence-corrected chi connectivity index (χ2v) is 11.6. The Kier molecular flexibility index (Phi) is 7.39. The molecular weight excluding hydrogens is 550 g/mol. The van der Waals surface area contributed by atoms with Crippen LogP contribution in [0.25, 0.3) is 33.8 Å². The molecule has 2 aliphatic rings. The van der Waals surface area contributed by atoms with Gasteiger partial charge in [-0.3, -0.25) is 19.1 Å². The van der Waals surface area contributed by atoms with E-state index in [1.54, 1.807) is 6.20 Å². The van der Waals surface area contributed by atoms with Gasteiger partial charge < -0.3 is 11.1 Å². The molecule has 0 unspecified atom stereocenters. The van der Waals surface area contributed by atoms with Gasteiger partial charge in [-0.2, -0.15) is 0 Å². The van der Waals surface area contributed by atoms with Crippen LogP contribution in [0.3, 0.4) is 0 Å². The Bertz CT molecular complexity index is 1970. The second-order valence-electron chi connectivity index (χ2n) is 11.6. The molecule has 0 radical (unpaired) electrons. The molecule has 0 amide bonds. The first-order valence-electron chi connectivity index (χ1n) is 15.4. The van der Waals surface area contributed by atoms with E-state index in [0.29, 0.717) is 29.3 Å². The van der Waals surface area contributed by atoms with Crippen molar-refractivity contribution in [3.63, 3.8) is 0 Å². The number of aromatic nitrogens is 4. The van der Waals surface area contributed by atoms with Crippen LogP contribution in [-0.2, 0) is 13.0 Å². The molecule has 1 fully saturated rings. The summed E-state index contributed by atoms with van der Waals surface area (Å²) < 4.78 is 2.08. The fourth-order valence-corrected chi connectivity index (χ4v) is 6.33. The predicted molar refractivity (Wildman–Crippen MR) is 176 cm³/mol. The van der Waals surface area contributed by atoms with Crippen LogP contribution in [0.15, 0.2) is 82.5 Å². The first-order chi connectivity index (χ1) is 21.5. The normalized spacial score (nSPS) is 16.1. The zero-order valence-electron chi connectivity index (χ0n) is 24.8. The lowest BCUT2D eigenvalue weighted by atomic mass is 10.00. The molecule has 7 rings (SSSR count). The predicted octanol–water partition coefficient (Wildman–Crippen LogP) is 5.03. The Hall–Kier alpha value is -4.89. The van der Waals surface area contributed by atoms with Crippen LogP contribution in [0.2, 0.25) is 0 Å². The van der Waals surface area contributed by atoms with Crippen molar-refractivity contribution < 1.29 is 0 Å². The summed E-state index contributed by atoms with van der Waals surface area (Å²) in [6.07, 6.45) is 12.8. The standard InChI is InChI=1S/C35H35N7O2/c1-2-26-30(32(44)31(26)43)38-24-16-19-41(20-17-24)21-22-10-12-25(13-11-22)42-34(27-9-6-18-37-33(27)36)40-29-15-14-28(39-35(29)42)23-7-4-3-5-8-23/h4,6-15,18,24,38H,2-3,5,16-17,19-21H2,1H3,(H2,36,37). The summed E-state index contributed by atoms with van der Waals surface area (Å²) >= 11 is 0. The molecule has 4 heterocycles. The molecule has 0 spiro atoms.